The van der Waals surface area contributed by atoms with Gasteiger partial charge in [-0.15, -0.1) is 0 Å². The molecule has 5 heteroatoms. The lowest BCUT2D eigenvalue weighted by atomic mass is 9.77. The molecular formula is C22H30N2O3. The summed E-state index contributed by atoms with van der Waals surface area (Å²) >= 11 is 0. The van der Waals surface area contributed by atoms with E-state index in [1.54, 1.807) is 4.90 Å². The molecule has 2 amide bonds. The van der Waals surface area contributed by atoms with Crippen molar-refractivity contribution in [3.05, 3.63) is 35.9 Å². The van der Waals surface area contributed by atoms with Crippen LogP contribution in [0.25, 0.3) is 0 Å². The summed E-state index contributed by atoms with van der Waals surface area (Å²) in [5, 5.41) is 0. The summed E-state index contributed by atoms with van der Waals surface area (Å²) in [6.07, 6.45) is 8.39. The minimum Gasteiger partial charge on any atom is -0.445 e. The van der Waals surface area contributed by atoms with Crippen LogP contribution in [0, 0.1) is 5.41 Å². The summed E-state index contributed by atoms with van der Waals surface area (Å²) in [4.78, 5) is 29.5. The number of carbonyl (C=O) groups is 2. The van der Waals surface area contributed by atoms with Crippen molar-refractivity contribution in [3.8, 4) is 0 Å². The Morgan fingerprint density at radius 3 is 2.37 bits per heavy atom. The van der Waals surface area contributed by atoms with Crippen LogP contribution >= 0.6 is 0 Å². The third kappa shape index (κ3) is 3.83. The first kappa shape index (κ1) is 18.3. The maximum Gasteiger partial charge on any atom is 0.410 e. The van der Waals surface area contributed by atoms with Gasteiger partial charge in [0.05, 0.1) is 5.41 Å². The van der Waals surface area contributed by atoms with Gasteiger partial charge in [-0.3, -0.25) is 4.79 Å². The molecular weight excluding hydrogens is 340 g/mol. The van der Waals surface area contributed by atoms with Crippen LogP contribution < -0.4 is 0 Å². The zero-order valence-electron chi connectivity index (χ0n) is 16.1. The van der Waals surface area contributed by atoms with Crippen LogP contribution in [-0.2, 0) is 16.1 Å². The molecule has 2 aliphatic heterocycles. The second-order valence-corrected chi connectivity index (χ2v) is 8.35. The van der Waals surface area contributed by atoms with E-state index in [-0.39, 0.29) is 11.5 Å². The minimum absolute atomic E-state index is 0.229. The zero-order chi connectivity index (χ0) is 18.7. The molecule has 0 aromatic heterocycles. The van der Waals surface area contributed by atoms with Crippen molar-refractivity contribution in [2.45, 2.75) is 64.0 Å². The second kappa shape index (κ2) is 7.91. The van der Waals surface area contributed by atoms with Gasteiger partial charge in [0.1, 0.15) is 6.61 Å². The lowest BCUT2D eigenvalue weighted by Crippen LogP contribution is -2.48. The van der Waals surface area contributed by atoms with Crippen LogP contribution in [0.15, 0.2) is 30.3 Å². The molecule has 4 rings (SSSR count). The smallest absolute Gasteiger partial charge is 0.410 e. The van der Waals surface area contributed by atoms with Crippen LogP contribution in [0.4, 0.5) is 4.79 Å². The van der Waals surface area contributed by atoms with E-state index in [0.717, 1.165) is 31.4 Å². The number of benzene rings is 1. The number of amides is 2. The Bertz CT molecular complexity index is 661. The third-order valence-corrected chi connectivity index (χ3v) is 6.75. The Morgan fingerprint density at radius 2 is 1.67 bits per heavy atom. The summed E-state index contributed by atoms with van der Waals surface area (Å²) in [5.74, 6) is 0.353. The average Bonchev–Trinajstić information content (AvgIpc) is 3.04. The third-order valence-electron chi connectivity index (χ3n) is 6.75. The number of ether oxygens (including phenoxy) is 1. The highest BCUT2D eigenvalue weighted by Gasteiger charge is 2.50. The van der Waals surface area contributed by atoms with Gasteiger partial charge < -0.3 is 14.5 Å². The summed E-state index contributed by atoms with van der Waals surface area (Å²) in [5.41, 5.74) is 0.765. The molecule has 3 fully saturated rings. The Labute approximate surface area is 161 Å². The fourth-order valence-corrected chi connectivity index (χ4v) is 4.98. The predicted octanol–water partition coefficient (Wildman–Crippen LogP) is 3.97. The Balaban J connectivity index is 1.29. The van der Waals surface area contributed by atoms with Crippen LogP contribution in [0.3, 0.4) is 0 Å². The van der Waals surface area contributed by atoms with Crippen LogP contribution in [0.5, 0.6) is 0 Å². The number of carbonyl (C=O) groups excluding carboxylic acids is 2. The van der Waals surface area contributed by atoms with E-state index >= 15 is 0 Å². The van der Waals surface area contributed by atoms with Gasteiger partial charge in [0.2, 0.25) is 5.91 Å². The van der Waals surface area contributed by atoms with Crippen molar-refractivity contribution >= 4 is 12.0 Å². The second-order valence-electron chi connectivity index (χ2n) is 8.35. The Morgan fingerprint density at radius 1 is 1.00 bits per heavy atom. The fraction of sp³-hybridized carbons (Fsp3) is 0.636. The number of hydrogen-bond acceptors (Lipinski definition) is 3. The first-order valence-corrected chi connectivity index (χ1v) is 10.4. The van der Waals surface area contributed by atoms with Crippen molar-refractivity contribution in [2.75, 3.05) is 19.6 Å². The van der Waals surface area contributed by atoms with E-state index < -0.39 is 0 Å². The molecule has 0 unspecified atom stereocenters. The molecule has 3 aliphatic rings. The monoisotopic (exact) mass is 370 g/mol. The SMILES string of the molecule is O=C(OCc1ccccc1)N1CCC2(CC1)CCN(C1CCCCC1)C2=O. The number of hydrogen-bond donors (Lipinski definition) is 0. The summed E-state index contributed by atoms with van der Waals surface area (Å²) in [6, 6.07) is 10.2. The molecule has 1 aromatic carbocycles. The maximum atomic E-state index is 13.2. The fourth-order valence-electron chi connectivity index (χ4n) is 4.98. The first-order valence-electron chi connectivity index (χ1n) is 10.4. The quantitative estimate of drug-likeness (QED) is 0.809. The molecule has 5 nitrogen and oxygen atoms in total. The zero-order valence-corrected chi connectivity index (χ0v) is 16.1. The summed E-state index contributed by atoms with van der Waals surface area (Å²) in [6.45, 7) is 2.45. The number of nitrogens with zero attached hydrogens (tertiary/aromatic N) is 2. The van der Waals surface area contributed by atoms with Crippen molar-refractivity contribution in [2.24, 2.45) is 5.41 Å². The van der Waals surface area contributed by atoms with Gasteiger partial charge in [0, 0.05) is 25.7 Å². The average molecular weight is 370 g/mol. The van der Waals surface area contributed by atoms with E-state index in [4.69, 9.17) is 4.74 Å². The van der Waals surface area contributed by atoms with Gasteiger partial charge in [-0.2, -0.15) is 0 Å². The molecule has 1 aromatic rings. The number of piperidine rings is 1. The highest BCUT2D eigenvalue weighted by atomic mass is 16.6. The Kier molecular flexibility index (Phi) is 5.37. The molecule has 1 spiro atoms. The molecule has 27 heavy (non-hydrogen) atoms. The van der Waals surface area contributed by atoms with E-state index in [0.29, 0.717) is 31.6 Å². The minimum atomic E-state index is -0.261. The summed E-state index contributed by atoms with van der Waals surface area (Å²) < 4.78 is 5.45. The molecule has 2 heterocycles. The van der Waals surface area contributed by atoms with Gasteiger partial charge >= 0.3 is 6.09 Å². The maximum absolute atomic E-state index is 13.2. The van der Waals surface area contributed by atoms with Crippen molar-refractivity contribution in [3.63, 3.8) is 0 Å². The largest absolute Gasteiger partial charge is 0.445 e. The topological polar surface area (TPSA) is 49.9 Å². The van der Waals surface area contributed by atoms with E-state index in [1.165, 1.54) is 32.1 Å². The Hall–Kier alpha value is -2.04. The van der Waals surface area contributed by atoms with Crippen molar-refractivity contribution in [1.82, 2.24) is 9.80 Å². The normalized spacial score (nSPS) is 23.0. The highest BCUT2D eigenvalue weighted by molar-refractivity contribution is 5.85. The lowest BCUT2D eigenvalue weighted by molar-refractivity contribution is -0.140. The van der Waals surface area contributed by atoms with E-state index in [9.17, 15) is 9.59 Å². The van der Waals surface area contributed by atoms with Crippen molar-refractivity contribution < 1.29 is 14.3 Å². The molecule has 0 radical (unpaired) electrons. The molecule has 1 saturated carbocycles. The first-order chi connectivity index (χ1) is 13.2. The van der Waals surface area contributed by atoms with E-state index in [1.807, 2.05) is 30.3 Å². The van der Waals surface area contributed by atoms with Crippen molar-refractivity contribution in [1.29, 1.82) is 0 Å². The summed E-state index contributed by atoms with van der Waals surface area (Å²) in [7, 11) is 0. The van der Waals surface area contributed by atoms with Gasteiger partial charge in [0.25, 0.3) is 0 Å². The van der Waals surface area contributed by atoms with Gasteiger partial charge in [-0.05, 0) is 37.7 Å². The van der Waals surface area contributed by atoms with E-state index in [2.05, 4.69) is 4.90 Å². The highest BCUT2D eigenvalue weighted by Crippen LogP contribution is 2.43. The molecule has 0 N–H and O–H groups in total. The van der Waals surface area contributed by atoms with Gasteiger partial charge in [-0.25, -0.2) is 4.79 Å². The van der Waals surface area contributed by atoms with Crippen LogP contribution in [0.2, 0.25) is 0 Å². The molecule has 0 bridgehead atoms. The number of likely N-dealkylation sites (tertiary alicyclic amines) is 2. The molecule has 0 atom stereocenters. The van der Waals surface area contributed by atoms with Gasteiger partial charge in [0.15, 0.2) is 0 Å². The molecule has 1 aliphatic carbocycles. The van der Waals surface area contributed by atoms with Crippen LogP contribution in [-0.4, -0.2) is 47.5 Å². The molecule has 146 valence electrons. The molecule has 2 saturated heterocycles. The predicted molar refractivity (Wildman–Crippen MR) is 103 cm³/mol. The van der Waals surface area contributed by atoms with Gasteiger partial charge in [-0.1, -0.05) is 49.6 Å². The lowest BCUT2D eigenvalue weighted by Gasteiger charge is -2.38. The van der Waals surface area contributed by atoms with Crippen LogP contribution in [0.1, 0.15) is 56.9 Å². The standard InChI is InChI=1S/C22H30N2O3/c25-20-22(13-16-24(20)19-9-5-2-6-10-19)11-14-23(15-12-22)21(26)27-17-18-7-3-1-4-8-18/h1,3-4,7-8,19H,2,5-6,9-17H2. The number of rotatable bonds is 3.